The lowest BCUT2D eigenvalue weighted by atomic mass is 9.72. The van der Waals surface area contributed by atoms with Crippen LogP contribution in [0.1, 0.15) is 32.0 Å². The highest BCUT2D eigenvalue weighted by Crippen LogP contribution is 2.46. The third kappa shape index (κ3) is 7.10. The minimum Gasteiger partial charge on any atom is -0.445 e. The second-order valence-corrected chi connectivity index (χ2v) is 12.3. The molecule has 7 nitrogen and oxygen atoms in total. The number of benzene rings is 1. The Bertz CT molecular complexity index is 1220. The molecule has 1 atom stereocenters. The highest BCUT2D eigenvalue weighted by atomic mass is 32.2. The van der Waals surface area contributed by atoms with Crippen molar-refractivity contribution in [3.05, 3.63) is 66.4 Å². The number of hydrogen-bond donors (Lipinski definition) is 0. The van der Waals surface area contributed by atoms with Crippen LogP contribution in [0.2, 0.25) is 0 Å². The second kappa shape index (κ2) is 11.7. The van der Waals surface area contributed by atoms with E-state index >= 15 is 0 Å². The average molecular weight is 578 g/mol. The van der Waals surface area contributed by atoms with E-state index in [0.717, 1.165) is 23.6 Å². The van der Waals surface area contributed by atoms with Crippen molar-refractivity contribution in [3.63, 3.8) is 0 Å². The maximum Gasteiger partial charge on any atom is 0.416 e. The molecule has 2 aliphatic heterocycles. The van der Waals surface area contributed by atoms with Crippen LogP contribution < -0.4 is 0 Å². The fourth-order valence-electron chi connectivity index (χ4n) is 5.01. The number of alkyl halides is 3. The predicted molar refractivity (Wildman–Crippen MR) is 148 cm³/mol. The van der Waals surface area contributed by atoms with Gasteiger partial charge in [-0.25, -0.2) is 9.59 Å². The summed E-state index contributed by atoms with van der Waals surface area (Å²) in [4.78, 5) is 33.2. The van der Waals surface area contributed by atoms with Gasteiger partial charge >= 0.3 is 18.4 Å². The number of carbonyl (C=O) groups excluding carboxylic acids is 2. The Labute approximate surface area is 236 Å². The molecule has 0 aliphatic carbocycles. The van der Waals surface area contributed by atoms with Crippen LogP contribution in [0.25, 0.3) is 11.3 Å². The topological polar surface area (TPSA) is 72.0 Å². The van der Waals surface area contributed by atoms with E-state index in [4.69, 9.17) is 9.47 Å². The molecule has 40 heavy (non-hydrogen) atoms. The third-order valence-electron chi connectivity index (χ3n) is 6.94. The van der Waals surface area contributed by atoms with Crippen LogP contribution in [0.3, 0.4) is 0 Å². The second-order valence-electron chi connectivity index (χ2n) is 11.2. The summed E-state index contributed by atoms with van der Waals surface area (Å²) in [6, 6.07) is 10.5. The smallest absolute Gasteiger partial charge is 0.416 e. The SMILES string of the molecule is C=CCOC(=O)N1CC(CSCc2cccc(-c3ccc(C(F)(F)F)cc3)n2)C2(C1)CN(C(=O)OC(C)(C)C)C2. The van der Waals surface area contributed by atoms with Gasteiger partial charge in [0.25, 0.3) is 0 Å². The summed E-state index contributed by atoms with van der Waals surface area (Å²) in [6.07, 6.45) is -3.61. The summed E-state index contributed by atoms with van der Waals surface area (Å²) in [5.74, 6) is 1.46. The average Bonchev–Trinajstić information content (AvgIpc) is 3.25. The molecule has 0 radical (unpaired) electrons. The monoisotopic (exact) mass is 577 g/mol. The Balaban J connectivity index is 1.39. The fourth-order valence-corrected chi connectivity index (χ4v) is 6.24. The van der Waals surface area contributed by atoms with E-state index in [-0.39, 0.29) is 24.0 Å². The molecular formula is C29H34F3N3O4S. The maximum absolute atomic E-state index is 12.9. The summed E-state index contributed by atoms with van der Waals surface area (Å²) in [5, 5.41) is 0. The van der Waals surface area contributed by atoms with Gasteiger partial charge in [-0.3, -0.25) is 4.98 Å². The third-order valence-corrected chi connectivity index (χ3v) is 8.08. The molecule has 0 saturated carbocycles. The van der Waals surface area contributed by atoms with Crippen LogP contribution in [0.4, 0.5) is 22.8 Å². The van der Waals surface area contributed by atoms with Crippen molar-refractivity contribution in [2.75, 3.05) is 38.5 Å². The molecule has 4 rings (SSSR count). The minimum atomic E-state index is -4.38. The van der Waals surface area contributed by atoms with Gasteiger partial charge in [-0.2, -0.15) is 24.9 Å². The first kappa shape index (κ1) is 29.8. The zero-order valence-electron chi connectivity index (χ0n) is 22.9. The van der Waals surface area contributed by atoms with Crippen molar-refractivity contribution in [1.82, 2.24) is 14.8 Å². The van der Waals surface area contributed by atoms with E-state index in [1.807, 2.05) is 32.9 Å². The Morgan fingerprint density at radius 1 is 1.07 bits per heavy atom. The largest absolute Gasteiger partial charge is 0.445 e. The van der Waals surface area contributed by atoms with E-state index in [0.29, 0.717) is 43.2 Å². The summed E-state index contributed by atoms with van der Waals surface area (Å²) >= 11 is 1.68. The number of ether oxygens (including phenoxy) is 2. The van der Waals surface area contributed by atoms with E-state index in [9.17, 15) is 22.8 Å². The van der Waals surface area contributed by atoms with Gasteiger partial charge in [0.2, 0.25) is 0 Å². The number of halogens is 3. The van der Waals surface area contributed by atoms with Gasteiger partial charge in [0, 0.05) is 42.9 Å². The van der Waals surface area contributed by atoms with Crippen molar-refractivity contribution in [2.24, 2.45) is 11.3 Å². The Morgan fingerprint density at radius 3 is 2.38 bits per heavy atom. The Hall–Kier alpha value is -3.21. The number of rotatable bonds is 7. The number of amides is 2. The quantitative estimate of drug-likeness (QED) is 0.350. The highest BCUT2D eigenvalue weighted by Gasteiger charge is 2.57. The number of aromatic nitrogens is 1. The number of pyridine rings is 1. The van der Waals surface area contributed by atoms with Crippen LogP contribution in [0, 0.1) is 11.3 Å². The summed E-state index contributed by atoms with van der Waals surface area (Å²) in [6.45, 7) is 11.2. The Morgan fingerprint density at radius 2 is 1.75 bits per heavy atom. The standard InChI is InChI=1S/C29H34F3N3O4S/c1-5-13-38-25(36)34-14-22(28(17-34)18-35(19-28)26(37)39-27(2,3)4)15-40-16-23-7-6-8-24(33-23)20-9-11-21(12-10-20)29(30,31)32/h5-12,22H,1,13-19H2,2-4H3. The predicted octanol–water partition coefficient (Wildman–Crippen LogP) is 6.49. The number of carbonyl (C=O) groups is 2. The van der Waals surface area contributed by atoms with Gasteiger partial charge in [-0.05, 0) is 56.7 Å². The van der Waals surface area contributed by atoms with Crippen LogP contribution >= 0.6 is 11.8 Å². The van der Waals surface area contributed by atoms with Crippen LogP contribution in [-0.4, -0.2) is 71.1 Å². The summed E-state index contributed by atoms with van der Waals surface area (Å²) in [5.41, 5.74) is 0.491. The van der Waals surface area contributed by atoms with Crippen LogP contribution in [0.5, 0.6) is 0 Å². The van der Waals surface area contributed by atoms with E-state index < -0.39 is 23.4 Å². The van der Waals surface area contributed by atoms with Gasteiger partial charge in [0.15, 0.2) is 0 Å². The van der Waals surface area contributed by atoms with Crippen molar-refractivity contribution < 1.29 is 32.2 Å². The Kier molecular flexibility index (Phi) is 8.72. The van der Waals surface area contributed by atoms with Crippen LogP contribution in [0.15, 0.2) is 55.1 Å². The van der Waals surface area contributed by atoms with E-state index in [1.54, 1.807) is 27.6 Å². The van der Waals surface area contributed by atoms with Gasteiger partial charge in [-0.1, -0.05) is 30.9 Å². The van der Waals surface area contributed by atoms with Crippen molar-refractivity contribution >= 4 is 23.9 Å². The highest BCUT2D eigenvalue weighted by molar-refractivity contribution is 7.98. The molecule has 0 N–H and O–H groups in total. The zero-order chi connectivity index (χ0) is 29.1. The zero-order valence-corrected chi connectivity index (χ0v) is 23.7. The fraction of sp³-hybridized carbons (Fsp3) is 0.483. The lowest BCUT2D eigenvalue weighted by Gasteiger charge is -2.50. The molecular weight excluding hydrogens is 543 g/mol. The first-order valence-electron chi connectivity index (χ1n) is 13.0. The summed E-state index contributed by atoms with van der Waals surface area (Å²) < 4.78 is 49.5. The first-order chi connectivity index (χ1) is 18.8. The lowest BCUT2D eigenvalue weighted by molar-refractivity contribution is -0.137. The van der Waals surface area contributed by atoms with E-state index in [1.165, 1.54) is 18.2 Å². The molecule has 1 unspecified atom stereocenters. The van der Waals surface area contributed by atoms with Gasteiger partial charge in [0.1, 0.15) is 12.2 Å². The molecule has 1 aromatic carbocycles. The molecule has 216 valence electrons. The number of nitrogens with zero attached hydrogens (tertiary/aromatic N) is 3. The number of thioether (sulfide) groups is 1. The van der Waals surface area contributed by atoms with E-state index in [2.05, 4.69) is 11.6 Å². The molecule has 2 aliphatic rings. The molecule has 2 amide bonds. The molecule has 2 aromatic rings. The van der Waals surface area contributed by atoms with Crippen molar-refractivity contribution in [3.8, 4) is 11.3 Å². The molecule has 0 bridgehead atoms. The minimum absolute atomic E-state index is 0.130. The lowest BCUT2D eigenvalue weighted by Crippen LogP contribution is -2.63. The van der Waals surface area contributed by atoms with Crippen molar-refractivity contribution in [1.29, 1.82) is 0 Å². The number of hydrogen-bond acceptors (Lipinski definition) is 6. The molecule has 2 saturated heterocycles. The molecule has 2 fully saturated rings. The number of likely N-dealkylation sites (tertiary alicyclic amines) is 2. The van der Waals surface area contributed by atoms with Crippen LogP contribution in [-0.2, 0) is 21.4 Å². The first-order valence-corrected chi connectivity index (χ1v) is 14.2. The van der Waals surface area contributed by atoms with Gasteiger partial charge in [0.05, 0.1) is 17.0 Å². The maximum atomic E-state index is 12.9. The molecule has 1 aromatic heterocycles. The molecule has 3 heterocycles. The van der Waals surface area contributed by atoms with Crippen molar-refractivity contribution in [2.45, 2.75) is 38.3 Å². The molecule has 1 spiro atoms. The van der Waals surface area contributed by atoms with Gasteiger partial charge < -0.3 is 19.3 Å². The summed E-state index contributed by atoms with van der Waals surface area (Å²) in [7, 11) is 0. The van der Waals surface area contributed by atoms with Gasteiger partial charge in [-0.15, -0.1) is 0 Å². The normalized spacial score (nSPS) is 18.4. The molecule has 11 heteroatoms.